The Balaban J connectivity index is 1.59. The molecule has 0 spiro atoms. The molecule has 1 heterocycles. The largest absolute Gasteiger partial charge is 0.425 e. The molecule has 4 rings (SSSR count). The molecule has 1 N–H and O–H groups in total. The number of aryl methyl sites for hydroxylation is 1. The first-order valence-electron chi connectivity index (χ1n) is 11.5. The van der Waals surface area contributed by atoms with Crippen molar-refractivity contribution < 1.29 is 31.1 Å². The van der Waals surface area contributed by atoms with E-state index >= 15 is 0 Å². The zero-order valence-corrected chi connectivity index (χ0v) is 23.3. The number of alkyl halides is 3. The lowest BCUT2D eigenvalue weighted by molar-refractivity contribution is -0.254. The lowest BCUT2D eigenvalue weighted by Gasteiger charge is -2.30. The molecular weight excluding hydrogens is 576 g/mol. The minimum atomic E-state index is -4.79. The fraction of sp³-hybridized carbons (Fsp3) is 0.222. The third-order valence-corrected chi connectivity index (χ3v) is 8.54. The first-order valence-corrected chi connectivity index (χ1v) is 13.7. The Morgan fingerprint density at radius 2 is 1.62 bits per heavy atom. The number of ether oxygens (including phenoxy) is 1. The highest BCUT2D eigenvalue weighted by atomic mass is 35.5. The topological polar surface area (TPSA) is 75.7 Å². The Labute approximate surface area is 234 Å². The van der Waals surface area contributed by atoms with Crippen molar-refractivity contribution in [3.63, 3.8) is 0 Å². The van der Waals surface area contributed by atoms with E-state index in [0.29, 0.717) is 22.4 Å². The standard InChI is InChI=1S/C27H23Cl2F3N2O4S/c1-16-10-17(18-14-26(38-15-18,27(30,31)32)19-11-20(28)13-21(29)12-19)4-9-24(16)25(35)33-22-5-7-23(8-6-22)39(36,37)34(2)3/h4-14H,15H2,1-3H3,(H,33,35). The molecule has 12 heteroatoms. The van der Waals surface area contributed by atoms with E-state index in [9.17, 15) is 26.4 Å². The van der Waals surface area contributed by atoms with Gasteiger partial charge in [0.1, 0.15) is 0 Å². The van der Waals surface area contributed by atoms with Gasteiger partial charge in [-0.3, -0.25) is 4.79 Å². The Bertz CT molecular complexity index is 1550. The van der Waals surface area contributed by atoms with E-state index in [-0.39, 0.29) is 32.7 Å². The van der Waals surface area contributed by atoms with Crippen LogP contribution in [-0.4, -0.2) is 45.5 Å². The first-order chi connectivity index (χ1) is 18.1. The number of nitrogens with one attached hydrogen (secondary N) is 1. The van der Waals surface area contributed by atoms with E-state index in [1.165, 1.54) is 62.6 Å². The van der Waals surface area contributed by atoms with E-state index < -0.39 is 27.7 Å². The van der Waals surface area contributed by atoms with E-state index in [1.54, 1.807) is 19.1 Å². The molecule has 206 valence electrons. The lowest BCUT2D eigenvalue weighted by atomic mass is 9.90. The summed E-state index contributed by atoms with van der Waals surface area (Å²) >= 11 is 11.9. The van der Waals surface area contributed by atoms with Gasteiger partial charge in [0.2, 0.25) is 15.6 Å². The van der Waals surface area contributed by atoms with Crippen molar-refractivity contribution in [1.29, 1.82) is 0 Å². The van der Waals surface area contributed by atoms with Crippen molar-refractivity contribution >= 4 is 50.4 Å². The third-order valence-electron chi connectivity index (χ3n) is 6.28. The molecule has 0 aromatic heterocycles. The van der Waals surface area contributed by atoms with Gasteiger partial charge in [0.05, 0.1) is 11.5 Å². The molecule has 6 nitrogen and oxygen atoms in total. The minimum Gasteiger partial charge on any atom is -0.352 e. The number of benzene rings is 3. The molecule has 0 saturated heterocycles. The molecule has 0 saturated carbocycles. The summed E-state index contributed by atoms with van der Waals surface area (Å²) in [5, 5.41) is 2.80. The molecule has 1 unspecified atom stereocenters. The average molecular weight is 599 g/mol. The molecule has 0 radical (unpaired) electrons. The van der Waals surface area contributed by atoms with Gasteiger partial charge in [-0.25, -0.2) is 12.7 Å². The van der Waals surface area contributed by atoms with Crippen LogP contribution in [0.2, 0.25) is 10.0 Å². The van der Waals surface area contributed by atoms with Crippen LogP contribution >= 0.6 is 23.2 Å². The number of nitrogens with zero attached hydrogens (tertiary/aromatic N) is 1. The molecule has 1 aliphatic heterocycles. The Kier molecular flexibility index (Phi) is 7.90. The lowest BCUT2D eigenvalue weighted by Crippen LogP contribution is -2.41. The van der Waals surface area contributed by atoms with Crippen LogP contribution < -0.4 is 5.32 Å². The fourth-order valence-corrected chi connectivity index (χ4v) is 5.61. The summed E-state index contributed by atoms with van der Waals surface area (Å²) in [5.41, 5.74) is -1.02. The van der Waals surface area contributed by atoms with E-state index in [4.69, 9.17) is 27.9 Å². The predicted octanol–water partition coefficient (Wildman–Crippen LogP) is 6.68. The van der Waals surface area contributed by atoms with Gasteiger partial charge in [0.25, 0.3) is 5.91 Å². The van der Waals surface area contributed by atoms with Gasteiger partial charge in [0.15, 0.2) is 0 Å². The Hall–Kier alpha value is -2.89. The number of rotatable bonds is 6. The molecule has 1 amide bonds. The maximum absolute atomic E-state index is 14.3. The molecule has 3 aromatic rings. The van der Waals surface area contributed by atoms with Gasteiger partial charge in [-0.05, 0) is 83.8 Å². The molecular formula is C27H23Cl2F3N2O4S. The van der Waals surface area contributed by atoms with Crippen LogP contribution in [0.3, 0.4) is 0 Å². The van der Waals surface area contributed by atoms with Crippen molar-refractivity contribution in [1.82, 2.24) is 4.31 Å². The van der Waals surface area contributed by atoms with Crippen LogP contribution in [0.25, 0.3) is 5.57 Å². The molecule has 0 aliphatic carbocycles. The van der Waals surface area contributed by atoms with Crippen LogP contribution in [-0.2, 0) is 20.4 Å². The van der Waals surface area contributed by atoms with Crippen LogP contribution in [0.15, 0.2) is 71.6 Å². The molecule has 3 aromatic carbocycles. The highest BCUT2D eigenvalue weighted by Gasteiger charge is 2.58. The second kappa shape index (κ2) is 10.6. The highest BCUT2D eigenvalue weighted by Crippen LogP contribution is 2.49. The van der Waals surface area contributed by atoms with Crippen LogP contribution in [0.4, 0.5) is 18.9 Å². The van der Waals surface area contributed by atoms with E-state index in [2.05, 4.69) is 5.32 Å². The van der Waals surface area contributed by atoms with Crippen LogP contribution in [0.1, 0.15) is 27.0 Å². The normalized spacial score (nSPS) is 17.8. The van der Waals surface area contributed by atoms with Crippen LogP contribution in [0, 0.1) is 6.92 Å². The number of halogens is 5. The average Bonchev–Trinajstić information content (AvgIpc) is 3.31. The smallest absolute Gasteiger partial charge is 0.352 e. The molecule has 0 fully saturated rings. The van der Waals surface area contributed by atoms with Gasteiger partial charge in [0, 0.05) is 35.4 Å². The number of amides is 1. The summed E-state index contributed by atoms with van der Waals surface area (Å²) in [5.74, 6) is -0.461. The third kappa shape index (κ3) is 5.71. The zero-order valence-electron chi connectivity index (χ0n) is 20.9. The summed E-state index contributed by atoms with van der Waals surface area (Å²) in [6.07, 6.45) is -3.79. The van der Waals surface area contributed by atoms with Crippen LogP contribution in [0.5, 0.6) is 0 Å². The number of carbonyl (C=O) groups is 1. The van der Waals surface area contributed by atoms with E-state index in [0.717, 1.165) is 10.4 Å². The van der Waals surface area contributed by atoms with Gasteiger partial charge >= 0.3 is 6.18 Å². The van der Waals surface area contributed by atoms with Crippen molar-refractivity contribution in [2.24, 2.45) is 0 Å². The number of anilines is 1. The Morgan fingerprint density at radius 1 is 1.00 bits per heavy atom. The maximum atomic E-state index is 14.3. The number of hydrogen-bond donors (Lipinski definition) is 1. The second-order valence-corrected chi connectivity index (χ2v) is 12.2. The summed E-state index contributed by atoms with van der Waals surface area (Å²) < 4.78 is 73.8. The monoisotopic (exact) mass is 598 g/mol. The van der Waals surface area contributed by atoms with Gasteiger partial charge in [-0.2, -0.15) is 13.2 Å². The molecule has 39 heavy (non-hydrogen) atoms. The SMILES string of the molecule is Cc1cc(C2=CC(c3cc(Cl)cc(Cl)c3)(C(F)(F)F)OC2)ccc1C(=O)Nc1ccc(S(=O)(=O)N(C)C)cc1. The number of hydrogen-bond acceptors (Lipinski definition) is 4. The highest BCUT2D eigenvalue weighted by molar-refractivity contribution is 7.89. The predicted molar refractivity (Wildman–Crippen MR) is 145 cm³/mol. The quantitative estimate of drug-likeness (QED) is 0.343. The molecule has 0 bridgehead atoms. The summed E-state index contributed by atoms with van der Waals surface area (Å²) in [6.45, 7) is 1.34. The van der Waals surface area contributed by atoms with Gasteiger partial charge in [-0.1, -0.05) is 35.3 Å². The van der Waals surface area contributed by atoms with Crippen molar-refractivity contribution in [3.8, 4) is 0 Å². The Morgan fingerprint density at radius 3 is 2.15 bits per heavy atom. The summed E-state index contributed by atoms with van der Waals surface area (Å²) in [4.78, 5) is 13.0. The summed E-state index contributed by atoms with van der Waals surface area (Å²) in [7, 11) is -0.776. The molecule has 1 atom stereocenters. The minimum absolute atomic E-state index is 0.0479. The number of sulfonamides is 1. The van der Waals surface area contributed by atoms with Crippen molar-refractivity contribution in [2.75, 3.05) is 26.0 Å². The zero-order chi connectivity index (χ0) is 28.8. The maximum Gasteiger partial charge on any atom is 0.425 e. The summed E-state index contributed by atoms with van der Waals surface area (Å²) in [6, 6.07) is 14.0. The van der Waals surface area contributed by atoms with E-state index in [1.807, 2.05) is 0 Å². The molecule has 1 aliphatic rings. The second-order valence-electron chi connectivity index (χ2n) is 9.15. The first kappa shape index (κ1) is 29.1. The van der Waals surface area contributed by atoms with Crippen molar-refractivity contribution in [3.05, 3.63) is 99.0 Å². The van der Waals surface area contributed by atoms with Gasteiger partial charge < -0.3 is 10.1 Å². The number of carbonyl (C=O) groups excluding carboxylic acids is 1. The van der Waals surface area contributed by atoms with Crippen molar-refractivity contribution in [2.45, 2.75) is 23.6 Å². The van der Waals surface area contributed by atoms with Gasteiger partial charge in [-0.15, -0.1) is 0 Å². The fourth-order valence-electron chi connectivity index (χ4n) is 4.19.